The lowest BCUT2D eigenvalue weighted by molar-refractivity contribution is 0.131. The molecule has 1 fully saturated rings. The van der Waals surface area contributed by atoms with Crippen LogP contribution < -0.4 is 5.30 Å². The van der Waals surface area contributed by atoms with Gasteiger partial charge in [-0.05, 0) is 81.8 Å². The summed E-state index contributed by atoms with van der Waals surface area (Å²) in [5.41, 5.74) is 3.46. The minimum Gasteiger partial charge on any atom is -0.319 e. The summed E-state index contributed by atoms with van der Waals surface area (Å²) >= 11 is 0. The maximum Gasteiger partial charge on any atom is 0.109 e. The summed E-state index contributed by atoms with van der Waals surface area (Å²) in [7, 11) is 0.0997. The van der Waals surface area contributed by atoms with Crippen molar-refractivity contribution < 1.29 is 4.57 Å². The number of likely N-dealkylation sites (tertiary alicyclic amines) is 1. The highest BCUT2D eigenvalue weighted by atomic mass is 31.2. The number of piperidine rings is 1. The van der Waals surface area contributed by atoms with Crippen molar-refractivity contribution in [3.05, 3.63) is 29.3 Å². The van der Waals surface area contributed by atoms with Crippen LogP contribution in [-0.4, -0.2) is 38.4 Å². The molecular formula is C16H24NOP. The van der Waals surface area contributed by atoms with E-state index in [-0.39, 0.29) is 0 Å². The number of benzene rings is 1. The van der Waals surface area contributed by atoms with E-state index in [1.807, 2.05) is 13.3 Å². The highest BCUT2D eigenvalue weighted by molar-refractivity contribution is 7.70. The molecule has 1 aliphatic carbocycles. The molecule has 0 unspecified atom stereocenters. The van der Waals surface area contributed by atoms with Gasteiger partial charge in [0.2, 0.25) is 0 Å². The molecule has 3 rings (SSSR count). The van der Waals surface area contributed by atoms with E-state index in [2.05, 4.69) is 30.1 Å². The average Bonchev–Trinajstić information content (AvgIpc) is 2.69. The van der Waals surface area contributed by atoms with Crippen LogP contribution in [0, 0.1) is 5.41 Å². The van der Waals surface area contributed by atoms with Crippen molar-refractivity contribution in [2.45, 2.75) is 25.7 Å². The molecule has 1 spiro atoms. The maximum absolute atomic E-state index is 12.2. The van der Waals surface area contributed by atoms with Crippen LogP contribution >= 0.6 is 7.14 Å². The Morgan fingerprint density at radius 2 is 1.74 bits per heavy atom. The zero-order valence-corrected chi connectivity index (χ0v) is 13.2. The SMILES string of the molecule is CN1CCC2(CC1)Cc1ccc(P(C)(C)=O)cc1C2. The van der Waals surface area contributed by atoms with Crippen molar-refractivity contribution in [1.29, 1.82) is 0 Å². The molecule has 0 atom stereocenters. The van der Waals surface area contributed by atoms with E-state index in [1.165, 1.54) is 49.9 Å². The molecule has 19 heavy (non-hydrogen) atoms. The van der Waals surface area contributed by atoms with Crippen molar-refractivity contribution in [1.82, 2.24) is 4.90 Å². The van der Waals surface area contributed by atoms with E-state index in [0.29, 0.717) is 5.41 Å². The lowest BCUT2D eigenvalue weighted by atomic mass is 9.76. The van der Waals surface area contributed by atoms with Crippen LogP contribution in [0.5, 0.6) is 0 Å². The lowest BCUT2D eigenvalue weighted by Gasteiger charge is -2.37. The van der Waals surface area contributed by atoms with Crippen LogP contribution in [0.25, 0.3) is 0 Å². The van der Waals surface area contributed by atoms with Crippen molar-refractivity contribution in [2.75, 3.05) is 33.5 Å². The molecule has 2 aliphatic rings. The summed E-state index contributed by atoms with van der Waals surface area (Å²) < 4.78 is 12.2. The molecule has 0 amide bonds. The predicted molar refractivity (Wildman–Crippen MR) is 82.1 cm³/mol. The molecule has 1 aliphatic heterocycles. The van der Waals surface area contributed by atoms with Gasteiger partial charge in [0.05, 0.1) is 0 Å². The Kier molecular flexibility index (Phi) is 3.15. The van der Waals surface area contributed by atoms with Gasteiger partial charge in [0, 0.05) is 5.30 Å². The molecule has 1 saturated heterocycles. The Morgan fingerprint density at radius 1 is 1.11 bits per heavy atom. The lowest BCUT2D eigenvalue weighted by Crippen LogP contribution is -2.38. The van der Waals surface area contributed by atoms with E-state index in [4.69, 9.17) is 0 Å². The van der Waals surface area contributed by atoms with Crippen molar-refractivity contribution in [3.63, 3.8) is 0 Å². The van der Waals surface area contributed by atoms with Crippen LogP contribution in [0.4, 0.5) is 0 Å². The first-order valence-electron chi connectivity index (χ1n) is 7.24. The third-order valence-electron chi connectivity index (χ3n) is 4.99. The summed E-state index contributed by atoms with van der Waals surface area (Å²) in [5, 5.41) is 1.05. The molecule has 1 aromatic carbocycles. The average molecular weight is 277 g/mol. The predicted octanol–water partition coefficient (Wildman–Crippen LogP) is 2.75. The topological polar surface area (TPSA) is 20.3 Å². The van der Waals surface area contributed by atoms with Gasteiger partial charge in [-0.2, -0.15) is 0 Å². The van der Waals surface area contributed by atoms with Crippen LogP contribution in [0.2, 0.25) is 0 Å². The fourth-order valence-corrected chi connectivity index (χ4v) is 4.50. The second kappa shape index (κ2) is 4.46. The Hall–Kier alpha value is -0.590. The highest BCUT2D eigenvalue weighted by Crippen LogP contribution is 2.45. The van der Waals surface area contributed by atoms with Gasteiger partial charge in [0.15, 0.2) is 0 Å². The molecule has 1 heterocycles. The third kappa shape index (κ3) is 2.53. The second-order valence-corrected chi connectivity index (χ2v) is 10.2. The third-order valence-corrected chi connectivity index (χ3v) is 6.51. The Balaban J connectivity index is 1.86. The van der Waals surface area contributed by atoms with E-state index in [0.717, 1.165) is 5.30 Å². The number of rotatable bonds is 1. The Labute approximate surface area is 116 Å². The summed E-state index contributed by atoms with van der Waals surface area (Å²) in [4.78, 5) is 2.44. The van der Waals surface area contributed by atoms with Crippen molar-refractivity contribution >= 4 is 12.4 Å². The first-order valence-corrected chi connectivity index (χ1v) is 9.84. The molecular weight excluding hydrogens is 253 g/mol. The number of hydrogen-bond donors (Lipinski definition) is 0. The van der Waals surface area contributed by atoms with E-state index in [9.17, 15) is 4.57 Å². The molecule has 1 aromatic rings. The molecule has 3 heteroatoms. The zero-order chi connectivity index (χ0) is 13.7. The first-order chi connectivity index (χ1) is 8.88. The zero-order valence-electron chi connectivity index (χ0n) is 12.3. The molecule has 0 aromatic heterocycles. The van der Waals surface area contributed by atoms with Crippen LogP contribution in [0.15, 0.2) is 18.2 Å². The van der Waals surface area contributed by atoms with Gasteiger partial charge in [-0.1, -0.05) is 12.1 Å². The number of fused-ring (bicyclic) bond motifs is 1. The van der Waals surface area contributed by atoms with Crippen molar-refractivity contribution in [2.24, 2.45) is 5.41 Å². The Morgan fingerprint density at radius 3 is 2.37 bits per heavy atom. The smallest absolute Gasteiger partial charge is 0.109 e. The quantitative estimate of drug-likeness (QED) is 0.736. The van der Waals surface area contributed by atoms with Gasteiger partial charge in [-0.15, -0.1) is 0 Å². The first kappa shape index (κ1) is 13.4. The van der Waals surface area contributed by atoms with E-state index in [1.54, 1.807) is 0 Å². The standard InChI is InChI=1S/C16H24NOP/c1-17-8-6-16(7-9-17)11-13-4-5-15(19(2,3)18)10-14(13)12-16/h4-5,10H,6-9,11-12H2,1-3H3. The van der Waals surface area contributed by atoms with E-state index < -0.39 is 7.14 Å². The number of nitrogens with zero attached hydrogens (tertiary/aromatic N) is 1. The van der Waals surface area contributed by atoms with Crippen molar-refractivity contribution in [3.8, 4) is 0 Å². The molecule has 104 valence electrons. The Bertz CT molecular complexity index is 538. The van der Waals surface area contributed by atoms with Gasteiger partial charge in [0.1, 0.15) is 7.14 Å². The second-order valence-electron chi connectivity index (χ2n) is 6.96. The highest BCUT2D eigenvalue weighted by Gasteiger charge is 2.39. The van der Waals surface area contributed by atoms with E-state index >= 15 is 0 Å². The largest absolute Gasteiger partial charge is 0.319 e. The molecule has 0 radical (unpaired) electrons. The van der Waals surface area contributed by atoms with Gasteiger partial charge < -0.3 is 9.46 Å². The van der Waals surface area contributed by atoms with Crippen LogP contribution in [-0.2, 0) is 17.4 Å². The maximum atomic E-state index is 12.2. The molecule has 0 saturated carbocycles. The van der Waals surface area contributed by atoms with Gasteiger partial charge >= 0.3 is 0 Å². The number of hydrogen-bond acceptors (Lipinski definition) is 2. The minimum atomic E-state index is -2.12. The summed E-state index contributed by atoms with van der Waals surface area (Å²) in [6.07, 6.45) is 5.05. The van der Waals surface area contributed by atoms with Gasteiger partial charge in [0.25, 0.3) is 0 Å². The molecule has 0 N–H and O–H groups in total. The minimum absolute atomic E-state index is 0.499. The normalized spacial score (nSPS) is 22.7. The fourth-order valence-electron chi connectivity index (χ4n) is 3.60. The van der Waals surface area contributed by atoms with Crippen LogP contribution in [0.1, 0.15) is 24.0 Å². The summed E-state index contributed by atoms with van der Waals surface area (Å²) in [6.45, 7) is 6.19. The van der Waals surface area contributed by atoms with Crippen LogP contribution in [0.3, 0.4) is 0 Å². The summed E-state index contributed by atoms with van der Waals surface area (Å²) in [5.74, 6) is 0. The monoisotopic (exact) mass is 277 g/mol. The summed E-state index contributed by atoms with van der Waals surface area (Å²) in [6, 6.07) is 6.55. The molecule has 0 bridgehead atoms. The van der Waals surface area contributed by atoms with Gasteiger partial charge in [-0.3, -0.25) is 0 Å². The molecule has 2 nitrogen and oxygen atoms in total. The van der Waals surface area contributed by atoms with Gasteiger partial charge in [-0.25, -0.2) is 0 Å². The fraction of sp³-hybridized carbons (Fsp3) is 0.625.